The Morgan fingerprint density at radius 3 is 2.48 bits per heavy atom. The minimum absolute atomic E-state index is 0.550. The fourth-order valence-electron chi connectivity index (χ4n) is 1.90. The van der Waals surface area contributed by atoms with Crippen molar-refractivity contribution >= 4 is 17.4 Å². The molecular weight excluding hydrogens is 292 g/mol. The van der Waals surface area contributed by atoms with Gasteiger partial charge < -0.3 is 10.1 Å². The standard InChI is InChI=1S/C16H17F2NOS/c1-2-20-15-6-4-3-5-12(15)11-19-13-7-9-14(10-8-13)21-16(17)18/h3-10,16,19H,2,11H2,1H3. The molecule has 21 heavy (non-hydrogen) atoms. The van der Waals surface area contributed by atoms with Gasteiger partial charge in [0.25, 0.3) is 5.76 Å². The molecule has 2 nitrogen and oxygen atoms in total. The number of anilines is 1. The Kier molecular flexibility index (Phi) is 5.87. The molecule has 0 aromatic heterocycles. The lowest BCUT2D eigenvalue weighted by Crippen LogP contribution is -2.03. The molecule has 0 unspecified atom stereocenters. The van der Waals surface area contributed by atoms with Crippen molar-refractivity contribution in [1.29, 1.82) is 0 Å². The zero-order chi connectivity index (χ0) is 15.1. The van der Waals surface area contributed by atoms with Gasteiger partial charge in [-0.15, -0.1) is 0 Å². The molecule has 0 spiro atoms. The summed E-state index contributed by atoms with van der Waals surface area (Å²) < 4.78 is 30.0. The average molecular weight is 309 g/mol. The summed E-state index contributed by atoms with van der Waals surface area (Å²) >= 11 is 0.550. The molecule has 0 radical (unpaired) electrons. The molecule has 0 amide bonds. The molecular formula is C16H17F2NOS. The maximum atomic E-state index is 12.2. The van der Waals surface area contributed by atoms with E-state index in [1.807, 2.05) is 31.2 Å². The molecule has 0 atom stereocenters. The third-order valence-electron chi connectivity index (χ3n) is 2.83. The first-order valence-electron chi connectivity index (χ1n) is 6.68. The normalized spacial score (nSPS) is 10.7. The second-order valence-corrected chi connectivity index (χ2v) is 5.36. The Bertz CT molecular complexity index is 560. The molecule has 2 aromatic carbocycles. The fraction of sp³-hybridized carbons (Fsp3) is 0.250. The molecule has 0 aliphatic rings. The summed E-state index contributed by atoms with van der Waals surface area (Å²) in [6.45, 7) is 3.19. The van der Waals surface area contributed by atoms with E-state index < -0.39 is 5.76 Å². The maximum Gasteiger partial charge on any atom is 0.288 e. The molecule has 5 heteroatoms. The lowest BCUT2D eigenvalue weighted by atomic mass is 10.2. The van der Waals surface area contributed by atoms with Gasteiger partial charge >= 0.3 is 0 Å². The van der Waals surface area contributed by atoms with E-state index >= 15 is 0 Å². The molecule has 0 saturated heterocycles. The van der Waals surface area contributed by atoms with E-state index in [4.69, 9.17) is 4.74 Å². The first kappa shape index (κ1) is 15.6. The number of alkyl halides is 2. The van der Waals surface area contributed by atoms with Crippen molar-refractivity contribution in [3.05, 3.63) is 54.1 Å². The predicted molar refractivity (Wildman–Crippen MR) is 83.2 cm³/mol. The molecule has 0 aliphatic heterocycles. The third-order valence-corrected chi connectivity index (χ3v) is 3.56. The predicted octanol–water partition coefficient (Wildman–Crippen LogP) is 5.01. The zero-order valence-corrected chi connectivity index (χ0v) is 12.5. The number of rotatable bonds is 7. The van der Waals surface area contributed by atoms with Crippen molar-refractivity contribution in [2.45, 2.75) is 24.1 Å². The van der Waals surface area contributed by atoms with Crippen LogP contribution in [0.1, 0.15) is 12.5 Å². The van der Waals surface area contributed by atoms with E-state index in [9.17, 15) is 8.78 Å². The minimum atomic E-state index is -2.39. The number of benzene rings is 2. The van der Waals surface area contributed by atoms with Gasteiger partial charge in [-0.05, 0) is 37.3 Å². The van der Waals surface area contributed by atoms with Crippen molar-refractivity contribution in [2.24, 2.45) is 0 Å². The van der Waals surface area contributed by atoms with Crippen molar-refractivity contribution in [3.63, 3.8) is 0 Å². The monoisotopic (exact) mass is 309 g/mol. The topological polar surface area (TPSA) is 21.3 Å². The lowest BCUT2D eigenvalue weighted by Gasteiger charge is -2.12. The molecule has 2 aromatic rings. The minimum Gasteiger partial charge on any atom is -0.494 e. The van der Waals surface area contributed by atoms with Crippen LogP contribution in [0, 0.1) is 0 Å². The summed E-state index contributed by atoms with van der Waals surface area (Å²) in [4.78, 5) is 0.560. The van der Waals surface area contributed by atoms with Crippen LogP contribution >= 0.6 is 11.8 Å². The highest BCUT2D eigenvalue weighted by Crippen LogP contribution is 2.26. The number of thioether (sulfide) groups is 1. The average Bonchev–Trinajstić information content (AvgIpc) is 2.48. The summed E-state index contributed by atoms with van der Waals surface area (Å²) in [5.74, 6) is -1.53. The highest BCUT2D eigenvalue weighted by atomic mass is 32.2. The number of para-hydroxylation sites is 1. The summed E-state index contributed by atoms with van der Waals surface area (Å²) in [5, 5.41) is 3.26. The SMILES string of the molecule is CCOc1ccccc1CNc1ccc(SC(F)F)cc1. The van der Waals surface area contributed by atoms with Crippen LogP contribution in [-0.4, -0.2) is 12.4 Å². The molecule has 2 rings (SSSR count). The number of halogens is 2. The van der Waals surface area contributed by atoms with Gasteiger partial charge in [0.05, 0.1) is 6.61 Å². The van der Waals surface area contributed by atoms with E-state index in [0.717, 1.165) is 17.0 Å². The van der Waals surface area contributed by atoms with Gasteiger partial charge in [0.2, 0.25) is 0 Å². The van der Waals surface area contributed by atoms with E-state index in [2.05, 4.69) is 5.32 Å². The van der Waals surface area contributed by atoms with Crippen LogP contribution in [0.15, 0.2) is 53.4 Å². The second kappa shape index (κ2) is 7.88. The highest BCUT2D eigenvalue weighted by molar-refractivity contribution is 7.99. The smallest absolute Gasteiger partial charge is 0.288 e. The van der Waals surface area contributed by atoms with E-state index in [1.165, 1.54) is 0 Å². The maximum absolute atomic E-state index is 12.2. The lowest BCUT2D eigenvalue weighted by molar-refractivity contribution is 0.252. The van der Waals surface area contributed by atoms with Crippen LogP contribution < -0.4 is 10.1 Å². The molecule has 0 heterocycles. The largest absolute Gasteiger partial charge is 0.494 e. The molecule has 0 bridgehead atoms. The molecule has 1 N–H and O–H groups in total. The fourth-order valence-corrected chi connectivity index (χ4v) is 2.40. The molecule has 112 valence electrons. The number of hydrogen-bond donors (Lipinski definition) is 1. The van der Waals surface area contributed by atoms with Gasteiger partial charge in [0.15, 0.2) is 0 Å². The highest BCUT2D eigenvalue weighted by Gasteiger charge is 2.05. The van der Waals surface area contributed by atoms with Crippen LogP contribution in [-0.2, 0) is 6.54 Å². The van der Waals surface area contributed by atoms with Gasteiger partial charge in [-0.2, -0.15) is 8.78 Å². The summed E-state index contributed by atoms with van der Waals surface area (Å²) in [5.41, 5.74) is 1.95. The van der Waals surface area contributed by atoms with Gasteiger partial charge in [-0.1, -0.05) is 30.0 Å². The first-order chi connectivity index (χ1) is 10.2. The summed E-state index contributed by atoms with van der Waals surface area (Å²) in [6, 6.07) is 14.8. The van der Waals surface area contributed by atoms with Gasteiger partial charge in [-0.3, -0.25) is 0 Å². The van der Waals surface area contributed by atoms with Crippen LogP contribution in [0.3, 0.4) is 0 Å². The molecule has 0 fully saturated rings. The Balaban J connectivity index is 1.96. The van der Waals surface area contributed by atoms with Crippen LogP contribution in [0.5, 0.6) is 5.75 Å². The zero-order valence-electron chi connectivity index (χ0n) is 11.7. The Labute approximate surface area is 127 Å². The Hall–Kier alpha value is -1.75. The first-order valence-corrected chi connectivity index (χ1v) is 7.56. The number of nitrogens with one attached hydrogen (secondary N) is 1. The quantitative estimate of drug-likeness (QED) is 0.726. The van der Waals surface area contributed by atoms with Crippen LogP contribution in [0.25, 0.3) is 0 Å². The van der Waals surface area contributed by atoms with Crippen molar-refractivity contribution in [3.8, 4) is 5.75 Å². The van der Waals surface area contributed by atoms with Crippen molar-refractivity contribution in [1.82, 2.24) is 0 Å². The molecule has 0 saturated carbocycles. The van der Waals surface area contributed by atoms with E-state index in [0.29, 0.717) is 29.8 Å². The van der Waals surface area contributed by atoms with Gasteiger partial charge in [-0.25, -0.2) is 0 Å². The van der Waals surface area contributed by atoms with Crippen LogP contribution in [0.4, 0.5) is 14.5 Å². The summed E-state index contributed by atoms with van der Waals surface area (Å²) in [7, 11) is 0. The Morgan fingerprint density at radius 1 is 1.10 bits per heavy atom. The molecule has 0 aliphatic carbocycles. The van der Waals surface area contributed by atoms with Crippen molar-refractivity contribution in [2.75, 3.05) is 11.9 Å². The second-order valence-electron chi connectivity index (χ2n) is 4.30. The van der Waals surface area contributed by atoms with E-state index in [1.54, 1.807) is 24.3 Å². The van der Waals surface area contributed by atoms with Crippen LogP contribution in [0.2, 0.25) is 0 Å². The third kappa shape index (κ3) is 4.93. The summed E-state index contributed by atoms with van der Waals surface area (Å²) in [6.07, 6.45) is 0. The Morgan fingerprint density at radius 2 is 1.81 bits per heavy atom. The van der Waals surface area contributed by atoms with Gasteiger partial charge in [0.1, 0.15) is 5.75 Å². The van der Waals surface area contributed by atoms with Gasteiger partial charge in [0, 0.05) is 22.7 Å². The van der Waals surface area contributed by atoms with E-state index in [-0.39, 0.29) is 0 Å². The number of ether oxygens (including phenoxy) is 1. The van der Waals surface area contributed by atoms with Crippen molar-refractivity contribution < 1.29 is 13.5 Å². The number of hydrogen-bond acceptors (Lipinski definition) is 3.